The highest BCUT2D eigenvalue weighted by molar-refractivity contribution is 7.92. The van der Waals surface area contributed by atoms with Crippen LogP contribution in [0.3, 0.4) is 0 Å². The first-order valence-corrected chi connectivity index (χ1v) is 7.25. The maximum atomic E-state index is 11.5. The summed E-state index contributed by atoms with van der Waals surface area (Å²) in [5.74, 6) is -0.0431. The van der Waals surface area contributed by atoms with Gasteiger partial charge in [-0.3, -0.25) is 4.79 Å². The Morgan fingerprint density at radius 3 is 2.25 bits per heavy atom. The Morgan fingerprint density at radius 1 is 1.25 bits per heavy atom. The molecule has 0 spiro atoms. The van der Waals surface area contributed by atoms with Gasteiger partial charge in [0.1, 0.15) is 0 Å². The predicted octanol–water partition coefficient (Wildman–Crippen LogP) is -0.0762. The van der Waals surface area contributed by atoms with Crippen molar-refractivity contribution in [2.75, 3.05) is 18.8 Å². The molecule has 0 saturated heterocycles. The molecule has 5 nitrogen and oxygen atoms in total. The van der Waals surface area contributed by atoms with E-state index in [1.165, 1.54) is 0 Å². The first kappa shape index (κ1) is 15.4. The smallest absolute Gasteiger partial charge is 0.236 e. The lowest BCUT2D eigenvalue weighted by molar-refractivity contribution is -0.122. The summed E-state index contributed by atoms with van der Waals surface area (Å²) in [6.45, 7) is 7.75. The van der Waals surface area contributed by atoms with Crippen molar-refractivity contribution in [1.29, 1.82) is 0 Å². The van der Waals surface area contributed by atoms with E-state index in [0.29, 0.717) is 13.1 Å². The van der Waals surface area contributed by atoms with Gasteiger partial charge in [0.05, 0.1) is 17.0 Å². The normalized spacial score (nSPS) is 13.8. The largest absolute Gasteiger partial charge is 0.355 e. The maximum Gasteiger partial charge on any atom is 0.236 e. The van der Waals surface area contributed by atoms with Crippen LogP contribution in [0.1, 0.15) is 27.7 Å². The van der Waals surface area contributed by atoms with E-state index < -0.39 is 9.84 Å². The minimum Gasteiger partial charge on any atom is -0.355 e. The summed E-state index contributed by atoms with van der Waals surface area (Å²) in [5.41, 5.74) is 0. The summed E-state index contributed by atoms with van der Waals surface area (Å²) in [6, 6.07) is -0.359. The third-order valence-corrected chi connectivity index (χ3v) is 4.51. The van der Waals surface area contributed by atoms with Gasteiger partial charge >= 0.3 is 0 Å². The number of hydrogen-bond donors (Lipinski definition) is 2. The van der Waals surface area contributed by atoms with Crippen LogP contribution in [-0.2, 0) is 14.6 Å². The van der Waals surface area contributed by atoms with Crippen molar-refractivity contribution >= 4 is 15.7 Å². The summed E-state index contributed by atoms with van der Waals surface area (Å²) >= 11 is 0. The number of carbonyl (C=O) groups excluding carboxylic acids is 1. The van der Waals surface area contributed by atoms with Gasteiger partial charge in [0, 0.05) is 13.1 Å². The van der Waals surface area contributed by atoms with Gasteiger partial charge in [0.2, 0.25) is 5.91 Å². The monoisotopic (exact) mass is 250 g/mol. The standard InChI is InChI=1S/C10H22N2O3S/c1-5-11-10(13)9(4)12-6-7-16(14,15)8(2)3/h8-9,12H,5-7H2,1-4H3,(H,11,13). The Labute approximate surface area is 97.9 Å². The Hall–Kier alpha value is -0.620. The van der Waals surface area contributed by atoms with Crippen LogP contribution in [-0.4, -0.2) is 44.5 Å². The number of sulfone groups is 1. The van der Waals surface area contributed by atoms with E-state index in [1.807, 2.05) is 6.92 Å². The van der Waals surface area contributed by atoms with Crippen molar-refractivity contribution in [3.63, 3.8) is 0 Å². The van der Waals surface area contributed by atoms with Crippen molar-refractivity contribution in [3.8, 4) is 0 Å². The third kappa shape index (κ3) is 5.46. The second-order valence-corrected chi connectivity index (χ2v) is 6.66. The molecule has 0 aliphatic carbocycles. The van der Waals surface area contributed by atoms with E-state index in [2.05, 4.69) is 10.6 Å². The average Bonchev–Trinajstić information content (AvgIpc) is 2.17. The lowest BCUT2D eigenvalue weighted by Crippen LogP contribution is -2.43. The fraction of sp³-hybridized carbons (Fsp3) is 0.900. The maximum absolute atomic E-state index is 11.5. The Kier molecular flexibility index (Phi) is 6.59. The summed E-state index contributed by atoms with van der Waals surface area (Å²) in [4.78, 5) is 11.3. The molecule has 0 aromatic rings. The molecule has 2 N–H and O–H groups in total. The van der Waals surface area contributed by atoms with Crippen LogP contribution in [0.2, 0.25) is 0 Å². The van der Waals surface area contributed by atoms with Crippen molar-refractivity contribution in [2.45, 2.75) is 39.0 Å². The molecule has 0 rings (SSSR count). The molecule has 1 amide bonds. The van der Waals surface area contributed by atoms with E-state index in [1.54, 1.807) is 20.8 Å². The van der Waals surface area contributed by atoms with Crippen molar-refractivity contribution in [1.82, 2.24) is 10.6 Å². The van der Waals surface area contributed by atoms with Crippen LogP contribution < -0.4 is 10.6 Å². The summed E-state index contributed by atoms with van der Waals surface area (Å²) in [6.07, 6.45) is 0. The van der Waals surface area contributed by atoms with Gasteiger partial charge in [-0.25, -0.2) is 8.42 Å². The highest BCUT2D eigenvalue weighted by atomic mass is 32.2. The van der Waals surface area contributed by atoms with Crippen molar-refractivity contribution < 1.29 is 13.2 Å². The Bertz CT molecular complexity index is 312. The molecular formula is C10H22N2O3S. The number of nitrogens with one attached hydrogen (secondary N) is 2. The Balaban J connectivity index is 3.95. The predicted molar refractivity (Wildman–Crippen MR) is 65.1 cm³/mol. The molecule has 0 aliphatic rings. The molecule has 0 aromatic carbocycles. The number of carbonyl (C=O) groups is 1. The second kappa shape index (κ2) is 6.85. The molecule has 6 heteroatoms. The highest BCUT2D eigenvalue weighted by Crippen LogP contribution is 1.99. The molecule has 1 atom stereocenters. The van der Waals surface area contributed by atoms with E-state index in [9.17, 15) is 13.2 Å². The molecule has 0 aliphatic heterocycles. The average molecular weight is 250 g/mol. The zero-order chi connectivity index (χ0) is 12.8. The first-order valence-electron chi connectivity index (χ1n) is 5.54. The molecule has 1 unspecified atom stereocenters. The van der Waals surface area contributed by atoms with Crippen LogP contribution >= 0.6 is 0 Å². The zero-order valence-electron chi connectivity index (χ0n) is 10.4. The second-order valence-electron chi connectivity index (χ2n) is 3.99. The van der Waals surface area contributed by atoms with Gasteiger partial charge in [-0.1, -0.05) is 0 Å². The van der Waals surface area contributed by atoms with Crippen LogP contribution in [0.15, 0.2) is 0 Å². The van der Waals surface area contributed by atoms with Gasteiger partial charge in [-0.2, -0.15) is 0 Å². The van der Waals surface area contributed by atoms with Gasteiger partial charge in [-0.15, -0.1) is 0 Å². The molecule has 0 heterocycles. The van der Waals surface area contributed by atoms with Gasteiger partial charge in [-0.05, 0) is 27.7 Å². The van der Waals surface area contributed by atoms with Gasteiger partial charge in [0.25, 0.3) is 0 Å². The van der Waals surface area contributed by atoms with Crippen molar-refractivity contribution in [2.24, 2.45) is 0 Å². The molecule has 96 valence electrons. The van der Waals surface area contributed by atoms with E-state index in [4.69, 9.17) is 0 Å². The first-order chi connectivity index (χ1) is 7.31. The fourth-order valence-electron chi connectivity index (χ4n) is 1.07. The lowest BCUT2D eigenvalue weighted by atomic mass is 10.3. The molecular weight excluding hydrogens is 228 g/mol. The molecule has 0 radical (unpaired) electrons. The van der Waals surface area contributed by atoms with Gasteiger partial charge < -0.3 is 10.6 Å². The number of hydrogen-bond acceptors (Lipinski definition) is 4. The molecule has 0 bridgehead atoms. The van der Waals surface area contributed by atoms with Crippen LogP contribution in [0.5, 0.6) is 0 Å². The van der Waals surface area contributed by atoms with Crippen LogP contribution in [0, 0.1) is 0 Å². The molecule has 16 heavy (non-hydrogen) atoms. The Morgan fingerprint density at radius 2 is 1.81 bits per heavy atom. The van der Waals surface area contributed by atoms with Crippen LogP contribution in [0.25, 0.3) is 0 Å². The summed E-state index contributed by atoms with van der Waals surface area (Å²) in [5, 5.41) is 5.19. The third-order valence-electron chi connectivity index (χ3n) is 2.30. The molecule has 0 fully saturated rings. The minimum absolute atomic E-state index is 0.0639. The van der Waals surface area contributed by atoms with Crippen molar-refractivity contribution in [3.05, 3.63) is 0 Å². The molecule has 0 aromatic heterocycles. The van der Waals surface area contributed by atoms with Gasteiger partial charge in [0.15, 0.2) is 9.84 Å². The summed E-state index contributed by atoms with van der Waals surface area (Å²) in [7, 11) is -3.03. The SMILES string of the molecule is CCNC(=O)C(C)NCCS(=O)(=O)C(C)C. The fourth-order valence-corrected chi connectivity index (χ4v) is 1.95. The lowest BCUT2D eigenvalue weighted by Gasteiger charge is -2.14. The van der Waals surface area contributed by atoms with E-state index in [0.717, 1.165) is 0 Å². The summed E-state index contributed by atoms with van der Waals surface area (Å²) < 4.78 is 22.9. The number of rotatable bonds is 7. The van der Waals surface area contributed by atoms with Crippen LogP contribution in [0.4, 0.5) is 0 Å². The van der Waals surface area contributed by atoms with E-state index in [-0.39, 0.29) is 23.0 Å². The quantitative estimate of drug-likeness (QED) is 0.663. The molecule has 0 saturated carbocycles. The number of amides is 1. The van der Waals surface area contributed by atoms with E-state index >= 15 is 0 Å². The number of likely N-dealkylation sites (N-methyl/N-ethyl adjacent to an activating group) is 1. The topological polar surface area (TPSA) is 75.3 Å². The minimum atomic E-state index is -3.03. The zero-order valence-corrected chi connectivity index (χ0v) is 11.2. The highest BCUT2D eigenvalue weighted by Gasteiger charge is 2.17.